The van der Waals surface area contributed by atoms with E-state index >= 15 is 0 Å². The molecule has 6 nitrogen and oxygen atoms in total. The first-order valence-corrected chi connectivity index (χ1v) is 11.3. The van der Waals surface area contributed by atoms with Gasteiger partial charge in [0.2, 0.25) is 5.88 Å². The van der Waals surface area contributed by atoms with Gasteiger partial charge in [-0.3, -0.25) is 4.79 Å². The van der Waals surface area contributed by atoms with Gasteiger partial charge in [0.05, 0.1) is 5.52 Å². The molecule has 164 valence electrons. The van der Waals surface area contributed by atoms with Gasteiger partial charge < -0.3 is 14.4 Å². The summed E-state index contributed by atoms with van der Waals surface area (Å²) in [5.41, 5.74) is 2.23. The number of fused-ring (bicyclic) bond motifs is 2. The van der Waals surface area contributed by atoms with Crippen molar-refractivity contribution < 1.29 is 14.6 Å². The van der Waals surface area contributed by atoms with Crippen LogP contribution in [0, 0.1) is 6.92 Å². The number of amides is 1. The van der Waals surface area contributed by atoms with Crippen LogP contribution in [0.2, 0.25) is 0 Å². The number of carbonyl (C=O) groups is 1. The fourth-order valence-electron chi connectivity index (χ4n) is 3.64. The van der Waals surface area contributed by atoms with E-state index in [1.54, 1.807) is 0 Å². The van der Waals surface area contributed by atoms with E-state index in [0.29, 0.717) is 18.0 Å². The maximum atomic E-state index is 12.3. The third-order valence-corrected chi connectivity index (χ3v) is 5.79. The summed E-state index contributed by atoms with van der Waals surface area (Å²) in [6.45, 7) is 4.51. The Morgan fingerprint density at radius 2 is 1.88 bits per heavy atom. The highest BCUT2D eigenvalue weighted by Gasteiger charge is 2.17. The highest BCUT2D eigenvalue weighted by molar-refractivity contribution is 9.10. The summed E-state index contributed by atoms with van der Waals surface area (Å²) in [6, 6.07) is 17.5. The van der Waals surface area contributed by atoms with Crippen LogP contribution in [0.1, 0.15) is 25.3 Å². The first-order valence-electron chi connectivity index (χ1n) is 10.5. The third-order valence-electron chi connectivity index (χ3n) is 5.30. The Bertz CT molecular complexity index is 1330. The zero-order valence-corrected chi connectivity index (χ0v) is 19.6. The standard InChI is InChI=1S/C25H24BrN3O3/c1-3-4-11-29-22-10-5-16(2)12-21(22)24(25(29)31)28-27-23(30)15-32-20-9-7-17-13-19(26)8-6-18(17)14-20/h5-10,12-14,31H,3-4,11,15H2,1-2H3. The number of unbranched alkanes of at least 4 members (excludes halogenated alkanes) is 1. The molecule has 0 saturated carbocycles. The molecule has 1 aromatic heterocycles. The number of hydrogen-bond donors (Lipinski definition) is 1. The van der Waals surface area contributed by atoms with E-state index in [0.717, 1.165) is 44.6 Å². The van der Waals surface area contributed by atoms with E-state index in [2.05, 4.69) is 33.1 Å². The summed E-state index contributed by atoms with van der Waals surface area (Å²) in [4.78, 5) is 12.3. The second-order valence-corrected chi connectivity index (χ2v) is 8.65. The van der Waals surface area contributed by atoms with Crippen LogP contribution in [0.5, 0.6) is 11.6 Å². The number of azo groups is 1. The molecule has 0 atom stereocenters. The molecule has 32 heavy (non-hydrogen) atoms. The van der Waals surface area contributed by atoms with Crippen LogP contribution in [0.3, 0.4) is 0 Å². The molecule has 0 aliphatic heterocycles. The van der Waals surface area contributed by atoms with Crippen LogP contribution < -0.4 is 4.74 Å². The minimum Gasteiger partial charge on any atom is -0.493 e. The fourth-order valence-corrected chi connectivity index (χ4v) is 4.02. The van der Waals surface area contributed by atoms with Crippen LogP contribution in [-0.4, -0.2) is 22.2 Å². The molecular weight excluding hydrogens is 470 g/mol. The summed E-state index contributed by atoms with van der Waals surface area (Å²) < 4.78 is 8.43. The van der Waals surface area contributed by atoms with E-state index in [1.807, 2.05) is 66.1 Å². The largest absolute Gasteiger partial charge is 0.493 e. The van der Waals surface area contributed by atoms with Gasteiger partial charge in [-0.05, 0) is 60.5 Å². The summed E-state index contributed by atoms with van der Waals surface area (Å²) in [7, 11) is 0. The van der Waals surface area contributed by atoms with Crippen molar-refractivity contribution in [1.82, 2.24) is 4.57 Å². The monoisotopic (exact) mass is 493 g/mol. The van der Waals surface area contributed by atoms with Crippen LogP contribution in [0.4, 0.5) is 5.69 Å². The normalized spacial score (nSPS) is 11.6. The number of carbonyl (C=O) groups excluding carboxylic acids is 1. The van der Waals surface area contributed by atoms with Gasteiger partial charge in [0.1, 0.15) is 5.75 Å². The summed E-state index contributed by atoms with van der Waals surface area (Å²) >= 11 is 3.46. The summed E-state index contributed by atoms with van der Waals surface area (Å²) in [5, 5.41) is 21.5. The number of aromatic nitrogens is 1. The van der Waals surface area contributed by atoms with Crippen molar-refractivity contribution in [2.75, 3.05) is 6.61 Å². The van der Waals surface area contributed by atoms with Gasteiger partial charge in [-0.15, -0.1) is 10.2 Å². The molecule has 1 N–H and O–H groups in total. The van der Waals surface area contributed by atoms with Gasteiger partial charge in [-0.2, -0.15) is 0 Å². The maximum Gasteiger partial charge on any atom is 0.302 e. The molecule has 0 radical (unpaired) electrons. The van der Waals surface area contributed by atoms with Crippen molar-refractivity contribution in [3.63, 3.8) is 0 Å². The molecule has 0 fully saturated rings. The highest BCUT2D eigenvalue weighted by Crippen LogP contribution is 2.39. The van der Waals surface area contributed by atoms with Crippen molar-refractivity contribution in [3.05, 3.63) is 64.6 Å². The molecular formula is C25H24BrN3O3. The molecule has 0 spiro atoms. The predicted molar refractivity (Wildman–Crippen MR) is 130 cm³/mol. The molecule has 1 heterocycles. The van der Waals surface area contributed by atoms with E-state index in [1.165, 1.54) is 0 Å². The number of aryl methyl sites for hydroxylation is 2. The molecule has 0 unspecified atom stereocenters. The van der Waals surface area contributed by atoms with E-state index in [-0.39, 0.29) is 12.5 Å². The lowest BCUT2D eigenvalue weighted by molar-refractivity contribution is -0.120. The van der Waals surface area contributed by atoms with Crippen molar-refractivity contribution >= 4 is 49.2 Å². The van der Waals surface area contributed by atoms with E-state index in [9.17, 15) is 9.90 Å². The number of halogens is 1. The lowest BCUT2D eigenvalue weighted by Crippen LogP contribution is -2.07. The zero-order valence-electron chi connectivity index (χ0n) is 18.0. The molecule has 0 bridgehead atoms. The Morgan fingerprint density at radius 1 is 1.09 bits per heavy atom. The van der Waals surface area contributed by atoms with E-state index < -0.39 is 5.91 Å². The Balaban J connectivity index is 1.51. The second kappa shape index (κ2) is 9.53. The Labute approximate surface area is 194 Å². The maximum absolute atomic E-state index is 12.3. The van der Waals surface area contributed by atoms with Crippen molar-refractivity contribution in [1.29, 1.82) is 0 Å². The van der Waals surface area contributed by atoms with E-state index in [4.69, 9.17) is 4.74 Å². The lowest BCUT2D eigenvalue weighted by atomic mass is 10.1. The number of hydrogen-bond acceptors (Lipinski definition) is 4. The number of aromatic hydroxyl groups is 1. The number of rotatable bonds is 7. The van der Waals surface area contributed by atoms with Gasteiger partial charge >= 0.3 is 5.91 Å². The zero-order chi connectivity index (χ0) is 22.7. The first kappa shape index (κ1) is 22.0. The van der Waals surface area contributed by atoms with Crippen LogP contribution in [0.25, 0.3) is 21.7 Å². The van der Waals surface area contributed by atoms with Gasteiger partial charge in [0, 0.05) is 16.4 Å². The molecule has 0 aliphatic rings. The number of benzene rings is 3. The van der Waals surface area contributed by atoms with Crippen molar-refractivity contribution in [3.8, 4) is 11.6 Å². The van der Waals surface area contributed by atoms with Gasteiger partial charge in [0.25, 0.3) is 0 Å². The minimum atomic E-state index is -0.526. The number of ether oxygens (including phenoxy) is 1. The third kappa shape index (κ3) is 4.67. The van der Waals surface area contributed by atoms with Crippen LogP contribution >= 0.6 is 15.9 Å². The molecule has 1 amide bonds. The quantitative estimate of drug-likeness (QED) is 0.280. The smallest absolute Gasteiger partial charge is 0.302 e. The van der Waals surface area contributed by atoms with Gasteiger partial charge in [-0.25, -0.2) is 0 Å². The molecule has 7 heteroatoms. The predicted octanol–water partition coefficient (Wildman–Crippen LogP) is 7.06. The summed E-state index contributed by atoms with van der Waals surface area (Å²) in [6.07, 6.45) is 1.93. The average molecular weight is 494 g/mol. The molecule has 0 saturated heterocycles. The van der Waals surface area contributed by atoms with Crippen LogP contribution in [0.15, 0.2) is 69.3 Å². The Kier molecular flexibility index (Phi) is 6.55. The topological polar surface area (TPSA) is 76.2 Å². The molecule has 4 aromatic rings. The van der Waals surface area contributed by atoms with Crippen LogP contribution in [-0.2, 0) is 11.3 Å². The second-order valence-electron chi connectivity index (χ2n) is 7.73. The summed E-state index contributed by atoms with van der Waals surface area (Å²) in [5.74, 6) is 0.0811. The Hall–Kier alpha value is -3.19. The lowest BCUT2D eigenvalue weighted by Gasteiger charge is -2.05. The van der Waals surface area contributed by atoms with Crippen molar-refractivity contribution in [2.24, 2.45) is 10.2 Å². The SMILES string of the molecule is CCCCn1c(O)c(N=NC(=O)COc2ccc3cc(Br)ccc3c2)c2cc(C)ccc21. The molecule has 3 aromatic carbocycles. The first-order chi connectivity index (χ1) is 15.5. The number of nitrogens with zero attached hydrogens (tertiary/aromatic N) is 3. The molecule has 4 rings (SSSR count). The van der Waals surface area contributed by atoms with Crippen molar-refractivity contribution in [2.45, 2.75) is 33.2 Å². The average Bonchev–Trinajstić information content (AvgIpc) is 3.04. The minimum absolute atomic E-state index is 0.0252. The Morgan fingerprint density at radius 3 is 2.69 bits per heavy atom. The molecule has 0 aliphatic carbocycles. The highest BCUT2D eigenvalue weighted by atomic mass is 79.9. The van der Waals surface area contributed by atoms with Gasteiger partial charge in [0.15, 0.2) is 12.3 Å². The van der Waals surface area contributed by atoms with Gasteiger partial charge in [-0.1, -0.05) is 53.0 Å². The fraction of sp³-hybridized carbons (Fsp3) is 0.240.